The minimum absolute atomic E-state index is 0.0980. The van der Waals surface area contributed by atoms with Crippen LogP contribution in [0, 0.1) is 0 Å². The van der Waals surface area contributed by atoms with Gasteiger partial charge in [0, 0.05) is 17.8 Å². The van der Waals surface area contributed by atoms with E-state index >= 15 is 0 Å². The fourth-order valence-electron chi connectivity index (χ4n) is 3.11. The summed E-state index contributed by atoms with van der Waals surface area (Å²) in [4.78, 5) is 24.7. The molecule has 0 saturated heterocycles. The van der Waals surface area contributed by atoms with Gasteiger partial charge in [0.15, 0.2) is 0 Å². The smallest absolute Gasteiger partial charge is 0.307 e. The highest BCUT2D eigenvalue weighted by molar-refractivity contribution is 7.92. The molecule has 0 radical (unpaired) electrons. The fourth-order valence-corrected chi connectivity index (χ4v) is 5.42. The van der Waals surface area contributed by atoms with Gasteiger partial charge < -0.3 is 9.88 Å². The van der Waals surface area contributed by atoms with Crippen LogP contribution < -0.4 is 14.5 Å². The number of anilines is 2. The number of carbonyl (C=O) groups is 1. The minimum atomic E-state index is -3.75. The van der Waals surface area contributed by atoms with Crippen molar-refractivity contribution in [3.05, 3.63) is 57.2 Å². The van der Waals surface area contributed by atoms with E-state index in [1.807, 2.05) is 0 Å². The average molecular weight is 454 g/mol. The molecule has 3 rings (SSSR count). The maximum atomic E-state index is 13.0. The molecule has 0 spiro atoms. The molecule has 154 valence electrons. The normalized spacial score (nSPS) is 12.7. The monoisotopic (exact) mass is 453 g/mol. The maximum absolute atomic E-state index is 13.0. The second-order valence-electron chi connectivity index (χ2n) is 6.56. The van der Waals surface area contributed by atoms with Crippen LogP contribution in [0.4, 0.5) is 11.4 Å². The van der Waals surface area contributed by atoms with Crippen molar-refractivity contribution in [1.29, 1.82) is 0 Å². The van der Waals surface area contributed by atoms with Gasteiger partial charge in [0.25, 0.3) is 0 Å². The molecule has 2 aromatic carbocycles. The van der Waals surface area contributed by atoms with Crippen LogP contribution in [0.2, 0.25) is 5.02 Å². The Kier molecular flexibility index (Phi) is 6.02. The van der Waals surface area contributed by atoms with Gasteiger partial charge >= 0.3 is 4.87 Å². The largest absolute Gasteiger partial charge is 0.324 e. The predicted octanol–water partition coefficient (Wildman–Crippen LogP) is 3.44. The number of rotatable bonds is 6. The molecule has 3 aromatic rings. The zero-order valence-corrected chi connectivity index (χ0v) is 18.4. The van der Waals surface area contributed by atoms with Crippen molar-refractivity contribution in [2.75, 3.05) is 15.9 Å². The molecule has 7 nitrogen and oxygen atoms in total. The molecule has 0 aliphatic rings. The van der Waals surface area contributed by atoms with Gasteiger partial charge in [-0.05, 0) is 42.8 Å². The third-order valence-electron chi connectivity index (χ3n) is 4.45. The maximum Gasteiger partial charge on any atom is 0.307 e. The first-order valence-corrected chi connectivity index (χ1v) is 11.8. The number of halogens is 1. The quantitative estimate of drug-likeness (QED) is 0.619. The SMILES string of the molecule is CC[C@@H](C(=O)Nc1ccc2c(c1)sc(=O)n2C)N(c1cccc(Cl)c1)S(C)(=O)=O. The summed E-state index contributed by atoms with van der Waals surface area (Å²) in [6.45, 7) is 1.74. The number of benzene rings is 2. The Bertz CT molecular complexity index is 1230. The van der Waals surface area contributed by atoms with Crippen LogP contribution in [0.15, 0.2) is 47.3 Å². The average Bonchev–Trinajstić information content (AvgIpc) is 2.91. The molecule has 10 heteroatoms. The summed E-state index contributed by atoms with van der Waals surface area (Å²) in [5.74, 6) is -0.472. The number of nitrogens with zero attached hydrogens (tertiary/aromatic N) is 2. The summed E-state index contributed by atoms with van der Waals surface area (Å²) in [6.07, 6.45) is 1.31. The van der Waals surface area contributed by atoms with Crippen molar-refractivity contribution in [3.63, 3.8) is 0 Å². The Morgan fingerprint density at radius 1 is 1.28 bits per heavy atom. The van der Waals surface area contributed by atoms with Crippen LogP contribution in [-0.2, 0) is 21.9 Å². The van der Waals surface area contributed by atoms with E-state index in [0.29, 0.717) is 16.4 Å². The van der Waals surface area contributed by atoms with Gasteiger partial charge in [0.2, 0.25) is 15.9 Å². The summed E-state index contributed by atoms with van der Waals surface area (Å²) in [5, 5.41) is 3.14. The number of amides is 1. The summed E-state index contributed by atoms with van der Waals surface area (Å²) in [6, 6.07) is 10.5. The standard InChI is InChI=1S/C19H20ClN3O4S2/c1-4-15(23(29(3,26)27)14-7-5-6-12(20)10-14)18(24)21-13-8-9-16-17(11-13)28-19(25)22(16)2/h5-11,15H,4H2,1-3H3,(H,21,24)/t15-/m0/s1. The zero-order chi connectivity index (χ0) is 21.3. The Hall–Kier alpha value is -2.36. The lowest BCUT2D eigenvalue weighted by Crippen LogP contribution is -2.47. The van der Waals surface area contributed by atoms with E-state index in [0.717, 1.165) is 32.1 Å². The highest BCUT2D eigenvalue weighted by Gasteiger charge is 2.31. The molecule has 1 aromatic heterocycles. The van der Waals surface area contributed by atoms with Crippen LogP contribution in [0.25, 0.3) is 10.2 Å². The van der Waals surface area contributed by atoms with Crippen LogP contribution in [0.3, 0.4) is 0 Å². The van der Waals surface area contributed by atoms with Gasteiger partial charge in [-0.25, -0.2) is 8.42 Å². The van der Waals surface area contributed by atoms with E-state index in [1.54, 1.807) is 50.4 Å². The Morgan fingerprint density at radius 3 is 2.62 bits per heavy atom. The Morgan fingerprint density at radius 2 is 2.00 bits per heavy atom. The topological polar surface area (TPSA) is 88.5 Å². The summed E-state index contributed by atoms with van der Waals surface area (Å²) >= 11 is 7.10. The zero-order valence-electron chi connectivity index (χ0n) is 16.0. The van der Waals surface area contributed by atoms with E-state index < -0.39 is 22.0 Å². The number of sulfonamides is 1. The van der Waals surface area contributed by atoms with Gasteiger partial charge in [-0.3, -0.25) is 13.9 Å². The molecule has 0 aliphatic heterocycles. The predicted molar refractivity (Wildman–Crippen MR) is 119 cm³/mol. The van der Waals surface area contributed by atoms with E-state index in [4.69, 9.17) is 11.6 Å². The van der Waals surface area contributed by atoms with Crippen molar-refractivity contribution < 1.29 is 13.2 Å². The molecule has 0 fully saturated rings. The number of fused-ring (bicyclic) bond motifs is 1. The minimum Gasteiger partial charge on any atom is -0.324 e. The molecular formula is C19H20ClN3O4S2. The molecule has 1 N–H and O–H groups in total. The molecule has 0 aliphatic carbocycles. The van der Waals surface area contributed by atoms with Gasteiger partial charge in [-0.1, -0.05) is 35.9 Å². The van der Waals surface area contributed by atoms with Crippen molar-refractivity contribution in [2.24, 2.45) is 7.05 Å². The molecule has 1 heterocycles. The number of aryl methyl sites for hydroxylation is 1. The molecule has 29 heavy (non-hydrogen) atoms. The summed E-state index contributed by atoms with van der Waals surface area (Å²) in [7, 11) is -2.07. The van der Waals surface area contributed by atoms with E-state index in [1.165, 1.54) is 10.6 Å². The third kappa shape index (κ3) is 4.47. The van der Waals surface area contributed by atoms with E-state index in [2.05, 4.69) is 5.32 Å². The third-order valence-corrected chi connectivity index (χ3v) is 6.86. The molecular weight excluding hydrogens is 434 g/mol. The number of hydrogen-bond acceptors (Lipinski definition) is 5. The molecule has 0 bridgehead atoms. The van der Waals surface area contributed by atoms with Crippen LogP contribution in [0.1, 0.15) is 13.3 Å². The number of nitrogens with one attached hydrogen (secondary N) is 1. The number of hydrogen-bond donors (Lipinski definition) is 1. The molecule has 1 atom stereocenters. The number of aromatic nitrogens is 1. The van der Waals surface area contributed by atoms with Crippen molar-refractivity contribution in [3.8, 4) is 0 Å². The molecule has 1 amide bonds. The van der Waals surface area contributed by atoms with E-state index in [-0.39, 0.29) is 11.3 Å². The number of carbonyl (C=O) groups excluding carboxylic acids is 1. The first-order valence-electron chi connectivity index (χ1n) is 8.77. The van der Waals surface area contributed by atoms with Crippen LogP contribution in [-0.4, -0.2) is 31.2 Å². The Balaban J connectivity index is 1.95. The van der Waals surface area contributed by atoms with Crippen molar-refractivity contribution in [1.82, 2.24) is 4.57 Å². The van der Waals surface area contributed by atoms with Crippen molar-refractivity contribution >= 4 is 60.5 Å². The van der Waals surface area contributed by atoms with Gasteiger partial charge in [-0.15, -0.1) is 0 Å². The van der Waals surface area contributed by atoms with Gasteiger partial charge in [-0.2, -0.15) is 0 Å². The summed E-state index contributed by atoms with van der Waals surface area (Å²) < 4.78 is 28.3. The Labute approximate surface area is 177 Å². The second-order valence-corrected chi connectivity index (χ2v) is 9.85. The van der Waals surface area contributed by atoms with Gasteiger partial charge in [0.05, 0.1) is 22.2 Å². The highest BCUT2D eigenvalue weighted by atomic mass is 35.5. The fraction of sp³-hybridized carbons (Fsp3) is 0.263. The summed E-state index contributed by atoms with van der Waals surface area (Å²) in [5.41, 5.74) is 1.57. The lowest BCUT2D eigenvalue weighted by molar-refractivity contribution is -0.117. The second kappa shape index (κ2) is 8.17. The van der Waals surface area contributed by atoms with E-state index in [9.17, 15) is 18.0 Å². The highest BCUT2D eigenvalue weighted by Crippen LogP contribution is 2.27. The molecule has 0 unspecified atom stereocenters. The van der Waals surface area contributed by atoms with Gasteiger partial charge in [0.1, 0.15) is 6.04 Å². The molecule has 0 saturated carbocycles. The first-order chi connectivity index (χ1) is 13.6. The lowest BCUT2D eigenvalue weighted by atomic mass is 10.1. The first kappa shape index (κ1) is 21.4. The lowest BCUT2D eigenvalue weighted by Gasteiger charge is -2.30. The van der Waals surface area contributed by atoms with Crippen LogP contribution in [0.5, 0.6) is 0 Å². The van der Waals surface area contributed by atoms with Crippen molar-refractivity contribution in [2.45, 2.75) is 19.4 Å². The van der Waals surface area contributed by atoms with Crippen LogP contribution >= 0.6 is 22.9 Å². The number of thiazole rings is 1.